The zero-order chi connectivity index (χ0) is 10.5. The van der Waals surface area contributed by atoms with Gasteiger partial charge in [0.2, 0.25) is 5.88 Å². The van der Waals surface area contributed by atoms with Gasteiger partial charge in [0.25, 0.3) is 0 Å². The highest BCUT2D eigenvalue weighted by Crippen LogP contribution is 2.13. The Hall–Kier alpha value is -1.62. The fourth-order valence-electron chi connectivity index (χ4n) is 1.08. The van der Waals surface area contributed by atoms with E-state index in [0.717, 1.165) is 0 Å². The van der Waals surface area contributed by atoms with E-state index in [4.69, 9.17) is 4.74 Å². The van der Waals surface area contributed by atoms with Crippen molar-refractivity contribution >= 4 is 17.2 Å². The van der Waals surface area contributed by atoms with Crippen molar-refractivity contribution in [2.24, 2.45) is 0 Å². The van der Waals surface area contributed by atoms with Gasteiger partial charge in [-0.05, 0) is 11.4 Å². The van der Waals surface area contributed by atoms with Crippen LogP contribution < -0.4 is 10.1 Å². The Kier molecular flexibility index (Phi) is 3.14. The molecule has 2 aromatic heterocycles. The molecule has 0 saturated carbocycles. The van der Waals surface area contributed by atoms with E-state index in [1.807, 2.05) is 17.5 Å². The number of hydrogen-bond acceptors (Lipinski definition) is 5. The van der Waals surface area contributed by atoms with Crippen molar-refractivity contribution in [2.45, 2.75) is 6.61 Å². The molecular weight excluding hydrogens is 210 g/mol. The first kappa shape index (κ1) is 9.92. The third kappa shape index (κ3) is 2.66. The van der Waals surface area contributed by atoms with Crippen LogP contribution in [-0.2, 0) is 6.61 Å². The van der Waals surface area contributed by atoms with Gasteiger partial charge in [-0.1, -0.05) is 6.07 Å². The summed E-state index contributed by atoms with van der Waals surface area (Å²) in [6, 6.07) is 4.03. The van der Waals surface area contributed by atoms with Crippen LogP contribution in [0.3, 0.4) is 0 Å². The molecule has 0 aliphatic carbocycles. The number of hydrogen-bond donors (Lipinski definition) is 1. The molecule has 15 heavy (non-hydrogen) atoms. The van der Waals surface area contributed by atoms with Crippen molar-refractivity contribution in [1.29, 1.82) is 0 Å². The van der Waals surface area contributed by atoms with E-state index >= 15 is 0 Å². The Labute approximate surface area is 92.0 Å². The van der Waals surface area contributed by atoms with E-state index in [1.165, 1.54) is 4.88 Å². The van der Waals surface area contributed by atoms with Gasteiger partial charge in [0.1, 0.15) is 12.4 Å². The summed E-state index contributed by atoms with van der Waals surface area (Å²) in [4.78, 5) is 9.38. The zero-order valence-corrected chi connectivity index (χ0v) is 9.12. The molecule has 0 aliphatic rings. The number of rotatable bonds is 4. The van der Waals surface area contributed by atoms with Crippen LogP contribution in [0.25, 0.3) is 0 Å². The molecule has 4 nitrogen and oxygen atoms in total. The Bertz CT molecular complexity index is 416. The average molecular weight is 221 g/mol. The molecule has 0 unspecified atom stereocenters. The molecule has 2 heterocycles. The molecule has 1 N–H and O–H groups in total. The molecule has 0 aromatic carbocycles. The predicted octanol–water partition coefficient (Wildman–Crippen LogP) is 2.16. The van der Waals surface area contributed by atoms with Crippen LogP contribution in [0.1, 0.15) is 4.88 Å². The first-order chi connectivity index (χ1) is 7.38. The lowest BCUT2D eigenvalue weighted by Crippen LogP contribution is -1.99. The number of aromatic nitrogens is 2. The van der Waals surface area contributed by atoms with Crippen LogP contribution in [-0.4, -0.2) is 17.0 Å². The van der Waals surface area contributed by atoms with Crippen LogP contribution >= 0.6 is 11.3 Å². The topological polar surface area (TPSA) is 47.0 Å². The molecule has 5 heteroatoms. The molecule has 0 aliphatic heterocycles. The van der Waals surface area contributed by atoms with E-state index in [0.29, 0.717) is 18.3 Å². The fourth-order valence-corrected chi connectivity index (χ4v) is 1.69. The van der Waals surface area contributed by atoms with Gasteiger partial charge >= 0.3 is 0 Å². The SMILES string of the molecule is CNc1cncc(OCc2cccs2)n1. The maximum absolute atomic E-state index is 5.49. The van der Waals surface area contributed by atoms with Crippen molar-refractivity contribution in [3.8, 4) is 5.88 Å². The summed E-state index contributed by atoms with van der Waals surface area (Å²) in [7, 11) is 1.80. The summed E-state index contributed by atoms with van der Waals surface area (Å²) in [6.07, 6.45) is 3.26. The summed E-state index contributed by atoms with van der Waals surface area (Å²) >= 11 is 1.66. The Morgan fingerprint density at radius 1 is 1.47 bits per heavy atom. The van der Waals surface area contributed by atoms with Gasteiger partial charge in [-0.3, -0.25) is 4.98 Å². The highest BCUT2D eigenvalue weighted by Gasteiger charge is 1.99. The highest BCUT2D eigenvalue weighted by molar-refractivity contribution is 7.09. The number of anilines is 1. The summed E-state index contributed by atoms with van der Waals surface area (Å²) < 4.78 is 5.49. The number of nitrogens with one attached hydrogen (secondary N) is 1. The van der Waals surface area contributed by atoms with Crippen LogP contribution in [0.4, 0.5) is 5.82 Å². The molecule has 0 atom stereocenters. The fraction of sp³-hybridized carbons (Fsp3) is 0.200. The third-order valence-corrected chi connectivity index (χ3v) is 2.66. The minimum atomic E-state index is 0.537. The molecule has 0 fully saturated rings. The number of thiophene rings is 1. The average Bonchev–Trinajstić information content (AvgIpc) is 2.79. The lowest BCUT2D eigenvalue weighted by molar-refractivity contribution is 0.296. The van der Waals surface area contributed by atoms with Gasteiger partial charge in [-0.2, -0.15) is 4.98 Å². The van der Waals surface area contributed by atoms with Crippen LogP contribution in [0.2, 0.25) is 0 Å². The first-order valence-corrected chi connectivity index (χ1v) is 5.41. The van der Waals surface area contributed by atoms with Crippen molar-refractivity contribution in [2.75, 3.05) is 12.4 Å². The van der Waals surface area contributed by atoms with Gasteiger partial charge in [0.05, 0.1) is 12.4 Å². The highest BCUT2D eigenvalue weighted by atomic mass is 32.1. The van der Waals surface area contributed by atoms with Crippen molar-refractivity contribution < 1.29 is 4.74 Å². The van der Waals surface area contributed by atoms with E-state index in [2.05, 4.69) is 15.3 Å². The molecule has 2 aromatic rings. The zero-order valence-electron chi connectivity index (χ0n) is 8.30. The largest absolute Gasteiger partial charge is 0.471 e. The van der Waals surface area contributed by atoms with E-state index < -0.39 is 0 Å². The van der Waals surface area contributed by atoms with Crippen molar-refractivity contribution in [3.63, 3.8) is 0 Å². The lowest BCUT2D eigenvalue weighted by atomic mass is 10.5. The summed E-state index contributed by atoms with van der Waals surface area (Å²) in [6.45, 7) is 0.541. The second kappa shape index (κ2) is 4.75. The molecule has 78 valence electrons. The van der Waals surface area contributed by atoms with Crippen molar-refractivity contribution in [3.05, 3.63) is 34.8 Å². The van der Waals surface area contributed by atoms with Gasteiger partial charge in [-0.15, -0.1) is 11.3 Å². The van der Waals surface area contributed by atoms with Gasteiger partial charge in [-0.25, -0.2) is 0 Å². The maximum Gasteiger partial charge on any atom is 0.234 e. The maximum atomic E-state index is 5.49. The smallest absolute Gasteiger partial charge is 0.234 e. The normalized spacial score (nSPS) is 9.93. The second-order valence-electron chi connectivity index (χ2n) is 2.86. The standard InChI is InChI=1S/C10H11N3OS/c1-11-9-5-12-6-10(13-9)14-7-8-3-2-4-15-8/h2-6H,7H2,1H3,(H,11,13). The second-order valence-corrected chi connectivity index (χ2v) is 3.89. The molecule has 0 radical (unpaired) electrons. The quantitative estimate of drug-likeness (QED) is 0.859. The summed E-state index contributed by atoms with van der Waals surface area (Å²) in [5, 5.41) is 4.93. The first-order valence-electron chi connectivity index (χ1n) is 4.53. The molecule has 0 saturated heterocycles. The lowest BCUT2D eigenvalue weighted by Gasteiger charge is -2.04. The van der Waals surface area contributed by atoms with Crippen LogP contribution in [0.15, 0.2) is 29.9 Å². The van der Waals surface area contributed by atoms with Crippen molar-refractivity contribution in [1.82, 2.24) is 9.97 Å². The third-order valence-electron chi connectivity index (χ3n) is 1.81. The van der Waals surface area contributed by atoms with Crippen LogP contribution in [0, 0.1) is 0 Å². The van der Waals surface area contributed by atoms with E-state index in [1.54, 1.807) is 30.8 Å². The Morgan fingerprint density at radius 3 is 3.13 bits per heavy atom. The Balaban J connectivity index is 1.98. The van der Waals surface area contributed by atoms with E-state index in [-0.39, 0.29) is 0 Å². The van der Waals surface area contributed by atoms with E-state index in [9.17, 15) is 0 Å². The Morgan fingerprint density at radius 2 is 2.40 bits per heavy atom. The summed E-state index contributed by atoms with van der Waals surface area (Å²) in [5.41, 5.74) is 0. The van der Waals surface area contributed by atoms with Crippen LogP contribution in [0.5, 0.6) is 5.88 Å². The number of nitrogens with zero attached hydrogens (tertiary/aromatic N) is 2. The minimum Gasteiger partial charge on any atom is -0.471 e. The van der Waals surface area contributed by atoms with Gasteiger partial charge < -0.3 is 10.1 Å². The minimum absolute atomic E-state index is 0.537. The monoisotopic (exact) mass is 221 g/mol. The number of ether oxygens (including phenoxy) is 1. The van der Waals surface area contributed by atoms with Gasteiger partial charge in [0, 0.05) is 11.9 Å². The molecular formula is C10H11N3OS. The molecule has 0 spiro atoms. The molecule has 0 amide bonds. The van der Waals surface area contributed by atoms with Gasteiger partial charge in [0.15, 0.2) is 0 Å². The molecule has 2 rings (SSSR count). The molecule has 0 bridgehead atoms. The predicted molar refractivity (Wildman–Crippen MR) is 60.2 cm³/mol. The summed E-state index contributed by atoms with van der Waals surface area (Å²) in [5.74, 6) is 1.24.